The number of aliphatic hydroxyl groups is 1. The van der Waals surface area contributed by atoms with Crippen LogP contribution in [-0.4, -0.2) is 35.6 Å². The zero-order chi connectivity index (χ0) is 15.5. The molecule has 2 aromatic rings. The van der Waals surface area contributed by atoms with Crippen LogP contribution < -0.4 is 5.73 Å². The second-order valence-corrected chi connectivity index (χ2v) is 7.19. The molecule has 1 unspecified atom stereocenters. The van der Waals surface area contributed by atoms with Gasteiger partial charge in [-0.2, -0.15) is 0 Å². The number of hydrogen-bond acceptors (Lipinski definition) is 3. The third-order valence-corrected chi connectivity index (χ3v) is 5.52. The average molecular weight is 445 g/mol. The smallest absolute Gasteiger partial charge is 0.191 e. The lowest BCUT2D eigenvalue weighted by molar-refractivity contribution is 0.190. The molecule has 1 saturated heterocycles. The second kappa shape index (κ2) is 8.30. The van der Waals surface area contributed by atoms with Crippen LogP contribution in [-0.2, 0) is 0 Å². The van der Waals surface area contributed by atoms with Crippen LogP contribution in [0.25, 0.3) is 10.1 Å². The lowest BCUT2D eigenvalue weighted by Gasteiger charge is -2.31. The van der Waals surface area contributed by atoms with Gasteiger partial charge in [-0.3, -0.25) is 4.99 Å². The number of nitrogens with zero attached hydrogens (tertiary/aromatic N) is 2. The van der Waals surface area contributed by atoms with Crippen molar-refractivity contribution in [3.63, 3.8) is 0 Å². The Morgan fingerprint density at radius 1 is 1.39 bits per heavy atom. The Labute approximate surface area is 158 Å². The molecule has 3 N–H and O–H groups in total. The van der Waals surface area contributed by atoms with Crippen LogP contribution in [0.2, 0.25) is 0 Å². The zero-order valence-corrected chi connectivity index (χ0v) is 16.5. The first-order chi connectivity index (χ1) is 10.6. The number of piperidine rings is 1. The summed E-state index contributed by atoms with van der Waals surface area (Å²) in [5.41, 5.74) is 6.06. The van der Waals surface area contributed by atoms with E-state index in [2.05, 4.69) is 28.9 Å². The van der Waals surface area contributed by atoms with Crippen molar-refractivity contribution in [1.82, 2.24) is 4.90 Å². The van der Waals surface area contributed by atoms with Crippen LogP contribution in [0.5, 0.6) is 0 Å². The van der Waals surface area contributed by atoms with E-state index in [0.717, 1.165) is 36.7 Å². The number of hydrogen-bond donors (Lipinski definition) is 2. The highest BCUT2D eigenvalue weighted by molar-refractivity contribution is 14.0. The lowest BCUT2D eigenvalue weighted by Crippen LogP contribution is -2.42. The maximum absolute atomic E-state index is 10.3. The molecule has 0 amide bonds. The SMILES string of the molecule is CC1CCN(C(N)=NCC(O)c2cc3ccccc3s2)CC1.I. The van der Waals surface area contributed by atoms with E-state index in [1.165, 1.54) is 10.1 Å². The number of fused-ring (bicyclic) bond motifs is 1. The Kier molecular flexibility index (Phi) is 6.67. The van der Waals surface area contributed by atoms with E-state index in [-0.39, 0.29) is 24.0 Å². The van der Waals surface area contributed by atoms with Gasteiger partial charge in [0.05, 0.1) is 6.54 Å². The van der Waals surface area contributed by atoms with Crippen molar-refractivity contribution >= 4 is 51.4 Å². The number of rotatable bonds is 3. The molecule has 4 nitrogen and oxygen atoms in total. The topological polar surface area (TPSA) is 61.8 Å². The first kappa shape index (κ1) is 18.5. The number of aliphatic hydroxyl groups excluding tert-OH is 1. The summed E-state index contributed by atoms with van der Waals surface area (Å²) < 4.78 is 1.19. The monoisotopic (exact) mass is 445 g/mol. The summed E-state index contributed by atoms with van der Waals surface area (Å²) >= 11 is 1.62. The highest BCUT2D eigenvalue weighted by Crippen LogP contribution is 2.29. The van der Waals surface area contributed by atoms with Crippen LogP contribution in [0.1, 0.15) is 30.7 Å². The van der Waals surface area contributed by atoms with E-state index in [4.69, 9.17) is 5.73 Å². The van der Waals surface area contributed by atoms with Gasteiger partial charge >= 0.3 is 0 Å². The second-order valence-electron chi connectivity index (χ2n) is 6.07. The average Bonchev–Trinajstić information content (AvgIpc) is 2.97. The molecular formula is C17H24IN3OS. The van der Waals surface area contributed by atoms with Crippen molar-refractivity contribution in [3.05, 3.63) is 35.2 Å². The number of thiophene rings is 1. The number of guanidine groups is 1. The molecular weight excluding hydrogens is 421 g/mol. The molecule has 1 aliphatic heterocycles. The molecule has 0 bridgehead atoms. The summed E-state index contributed by atoms with van der Waals surface area (Å²) in [4.78, 5) is 7.47. The van der Waals surface area contributed by atoms with E-state index in [1.54, 1.807) is 11.3 Å². The standard InChI is InChI=1S/C17H23N3OS.HI/c1-12-6-8-20(9-7-12)17(18)19-11-14(21)16-10-13-4-2-3-5-15(13)22-16;/h2-5,10,12,14,21H,6-9,11H2,1H3,(H2,18,19);1H. The summed E-state index contributed by atoms with van der Waals surface area (Å²) in [6.07, 6.45) is 1.74. The zero-order valence-electron chi connectivity index (χ0n) is 13.3. The predicted molar refractivity (Wildman–Crippen MR) is 109 cm³/mol. The fourth-order valence-corrected chi connectivity index (χ4v) is 3.82. The van der Waals surface area contributed by atoms with Crippen LogP contribution in [0, 0.1) is 5.92 Å². The van der Waals surface area contributed by atoms with Gasteiger partial charge in [-0.25, -0.2) is 0 Å². The molecule has 3 rings (SSSR count). The highest BCUT2D eigenvalue weighted by Gasteiger charge is 2.17. The summed E-state index contributed by atoms with van der Waals surface area (Å²) in [5.74, 6) is 1.33. The molecule has 23 heavy (non-hydrogen) atoms. The Bertz CT molecular complexity index is 632. The quantitative estimate of drug-likeness (QED) is 0.431. The van der Waals surface area contributed by atoms with Gasteiger partial charge in [0.1, 0.15) is 6.10 Å². The predicted octanol–water partition coefficient (Wildman–Crippen LogP) is 3.60. The number of aliphatic imine (C=N–C) groups is 1. The fourth-order valence-electron chi connectivity index (χ4n) is 2.77. The Balaban J connectivity index is 0.00000192. The molecule has 1 aliphatic rings. The van der Waals surface area contributed by atoms with Crippen LogP contribution in [0.15, 0.2) is 35.3 Å². The number of nitrogens with two attached hydrogens (primary N) is 1. The maximum Gasteiger partial charge on any atom is 0.191 e. The molecule has 126 valence electrons. The minimum atomic E-state index is -0.584. The Hall–Kier alpha value is -0.860. The van der Waals surface area contributed by atoms with Gasteiger partial charge in [0.2, 0.25) is 0 Å². The van der Waals surface area contributed by atoms with Gasteiger partial charge in [-0.1, -0.05) is 25.1 Å². The van der Waals surface area contributed by atoms with Crippen LogP contribution >= 0.6 is 35.3 Å². The first-order valence-electron chi connectivity index (χ1n) is 7.85. The minimum absolute atomic E-state index is 0. The van der Waals surface area contributed by atoms with E-state index >= 15 is 0 Å². The third-order valence-electron chi connectivity index (χ3n) is 4.31. The lowest BCUT2D eigenvalue weighted by atomic mass is 10.00. The van der Waals surface area contributed by atoms with Crippen LogP contribution in [0.3, 0.4) is 0 Å². The molecule has 0 spiro atoms. The van der Waals surface area contributed by atoms with E-state index < -0.39 is 6.10 Å². The normalized spacial score (nSPS) is 18.0. The maximum atomic E-state index is 10.3. The third kappa shape index (κ3) is 4.58. The van der Waals surface area contributed by atoms with E-state index in [9.17, 15) is 5.11 Å². The largest absolute Gasteiger partial charge is 0.386 e. The molecule has 0 radical (unpaired) electrons. The van der Waals surface area contributed by atoms with Gasteiger partial charge in [0.25, 0.3) is 0 Å². The van der Waals surface area contributed by atoms with E-state index in [0.29, 0.717) is 12.5 Å². The number of halogens is 1. The van der Waals surface area contributed by atoms with Crippen LogP contribution in [0.4, 0.5) is 0 Å². The van der Waals surface area contributed by atoms with Gasteiger partial charge in [-0.15, -0.1) is 35.3 Å². The Morgan fingerprint density at radius 2 is 2.09 bits per heavy atom. The molecule has 0 aliphatic carbocycles. The first-order valence-corrected chi connectivity index (χ1v) is 8.66. The van der Waals surface area contributed by atoms with Gasteiger partial charge in [0.15, 0.2) is 5.96 Å². The molecule has 0 saturated carbocycles. The van der Waals surface area contributed by atoms with Crippen molar-refractivity contribution in [3.8, 4) is 0 Å². The summed E-state index contributed by atoms with van der Waals surface area (Å²) in [6, 6.07) is 10.2. The van der Waals surface area contributed by atoms with Crippen molar-refractivity contribution in [1.29, 1.82) is 0 Å². The fraction of sp³-hybridized carbons (Fsp3) is 0.471. The van der Waals surface area contributed by atoms with Crippen molar-refractivity contribution in [2.75, 3.05) is 19.6 Å². The number of benzene rings is 1. The van der Waals surface area contributed by atoms with Crippen molar-refractivity contribution in [2.45, 2.75) is 25.9 Å². The summed E-state index contributed by atoms with van der Waals surface area (Å²) in [5, 5.41) is 11.5. The van der Waals surface area contributed by atoms with Crippen molar-refractivity contribution < 1.29 is 5.11 Å². The molecule has 6 heteroatoms. The molecule has 1 atom stereocenters. The number of likely N-dealkylation sites (tertiary alicyclic amines) is 1. The van der Waals surface area contributed by atoms with Gasteiger partial charge in [-0.05, 0) is 36.3 Å². The van der Waals surface area contributed by atoms with Gasteiger partial charge < -0.3 is 15.7 Å². The summed E-state index contributed by atoms with van der Waals surface area (Å²) in [7, 11) is 0. The summed E-state index contributed by atoms with van der Waals surface area (Å²) in [6.45, 7) is 4.53. The highest BCUT2D eigenvalue weighted by atomic mass is 127. The molecule has 2 heterocycles. The Morgan fingerprint density at radius 3 is 2.78 bits per heavy atom. The molecule has 1 aromatic carbocycles. The minimum Gasteiger partial charge on any atom is -0.386 e. The molecule has 1 fully saturated rings. The van der Waals surface area contributed by atoms with E-state index in [1.807, 2.05) is 18.2 Å². The van der Waals surface area contributed by atoms with Gasteiger partial charge in [0, 0.05) is 22.7 Å². The molecule has 1 aromatic heterocycles. The van der Waals surface area contributed by atoms with Crippen molar-refractivity contribution in [2.24, 2.45) is 16.6 Å².